The molecule has 1 N–H and O–H groups in total. The fraction of sp³-hybridized carbons (Fsp3) is 0.548. The van der Waals surface area contributed by atoms with Crippen molar-refractivity contribution < 1.29 is 23.9 Å². The quantitative estimate of drug-likeness (QED) is 0.442. The van der Waals surface area contributed by atoms with Gasteiger partial charge in [-0.15, -0.1) is 0 Å². The number of nitrogens with zero attached hydrogens (tertiary/aromatic N) is 2. The maximum absolute atomic E-state index is 13.6. The molecule has 3 aliphatic rings. The third-order valence-corrected chi connectivity index (χ3v) is 7.70. The number of rotatable bonds is 9. The Balaban J connectivity index is 1.81. The van der Waals surface area contributed by atoms with E-state index in [1.54, 1.807) is 4.57 Å². The molecule has 0 radical (unpaired) electrons. The number of ether oxygens (including phenoxy) is 2. The zero-order chi connectivity index (χ0) is 29.0. The lowest BCUT2D eigenvalue weighted by Gasteiger charge is -2.51. The molecule has 1 aromatic heterocycles. The molecule has 1 saturated carbocycles. The van der Waals surface area contributed by atoms with E-state index < -0.39 is 16.9 Å². The molecule has 1 aromatic carbocycles. The van der Waals surface area contributed by atoms with Crippen molar-refractivity contribution in [1.82, 2.24) is 14.8 Å². The van der Waals surface area contributed by atoms with Crippen LogP contribution in [-0.2, 0) is 17.9 Å². The number of hydrogen-bond acceptors (Lipinski definition) is 6. The second-order valence-corrected chi connectivity index (χ2v) is 11.8. The van der Waals surface area contributed by atoms with Gasteiger partial charge in [0.2, 0.25) is 5.43 Å². The molecule has 1 aliphatic carbocycles. The van der Waals surface area contributed by atoms with Gasteiger partial charge in [-0.1, -0.05) is 37.3 Å². The number of fused-ring (bicyclic) bond motifs is 3. The molecule has 5 rings (SSSR count). The fourth-order valence-corrected chi connectivity index (χ4v) is 5.88. The maximum Gasteiger partial charge on any atom is 0.410 e. The first-order valence-electron chi connectivity index (χ1n) is 14.2. The predicted octanol–water partition coefficient (Wildman–Crippen LogP) is 4.95. The lowest BCUT2D eigenvalue weighted by atomic mass is 9.74. The SMILES string of the molecule is CCCC(=O)c1c(OCc2ccccc2)c(=O)c(C(=O)NC)cn1CC1C2CCC(CC2)N1C(=O)OC(C)(C)C. The Labute approximate surface area is 235 Å². The third-order valence-electron chi connectivity index (χ3n) is 7.70. The number of piperidine rings is 2. The number of carbonyl (C=O) groups is 3. The first-order valence-corrected chi connectivity index (χ1v) is 14.2. The summed E-state index contributed by atoms with van der Waals surface area (Å²) in [5.74, 6) is -0.723. The average molecular weight is 552 g/mol. The molecule has 2 amide bonds. The third kappa shape index (κ3) is 6.40. The summed E-state index contributed by atoms with van der Waals surface area (Å²) >= 11 is 0. The van der Waals surface area contributed by atoms with E-state index in [9.17, 15) is 19.2 Å². The smallest absolute Gasteiger partial charge is 0.410 e. The Morgan fingerprint density at radius 3 is 2.33 bits per heavy atom. The highest BCUT2D eigenvalue weighted by atomic mass is 16.6. The Morgan fingerprint density at radius 1 is 1.05 bits per heavy atom. The normalized spacial score (nSPS) is 20.2. The number of benzene rings is 1. The van der Waals surface area contributed by atoms with Crippen LogP contribution in [-0.4, -0.2) is 52.0 Å². The Kier molecular flexibility index (Phi) is 9.01. The summed E-state index contributed by atoms with van der Waals surface area (Å²) in [7, 11) is 1.46. The average Bonchev–Trinajstić information content (AvgIpc) is 2.92. The minimum atomic E-state index is -0.650. The highest BCUT2D eigenvalue weighted by Crippen LogP contribution is 2.41. The lowest BCUT2D eigenvalue weighted by Crippen LogP contribution is -2.59. The van der Waals surface area contributed by atoms with Gasteiger partial charge in [-0.2, -0.15) is 0 Å². The molecule has 1 unspecified atom stereocenters. The van der Waals surface area contributed by atoms with E-state index in [0.717, 1.165) is 31.2 Å². The van der Waals surface area contributed by atoms with Gasteiger partial charge in [0, 0.05) is 32.3 Å². The van der Waals surface area contributed by atoms with Crippen LogP contribution in [0.4, 0.5) is 4.79 Å². The molecule has 2 saturated heterocycles. The molecule has 0 spiro atoms. The summed E-state index contributed by atoms with van der Waals surface area (Å²) < 4.78 is 13.5. The summed E-state index contributed by atoms with van der Waals surface area (Å²) in [5, 5.41) is 2.53. The van der Waals surface area contributed by atoms with Crippen molar-refractivity contribution >= 4 is 17.8 Å². The lowest BCUT2D eigenvalue weighted by molar-refractivity contribution is -0.0450. The van der Waals surface area contributed by atoms with Gasteiger partial charge in [-0.05, 0) is 64.4 Å². The minimum absolute atomic E-state index is 0.0474. The number of carbonyl (C=O) groups excluding carboxylic acids is 3. The van der Waals surface area contributed by atoms with Crippen molar-refractivity contribution in [2.75, 3.05) is 7.05 Å². The first-order chi connectivity index (χ1) is 19.0. The molecule has 216 valence electrons. The molecule has 2 bridgehead atoms. The van der Waals surface area contributed by atoms with Crippen molar-refractivity contribution in [3.63, 3.8) is 0 Å². The molecule has 9 heteroatoms. The number of amides is 2. The van der Waals surface area contributed by atoms with Gasteiger partial charge in [0.1, 0.15) is 23.5 Å². The monoisotopic (exact) mass is 551 g/mol. The number of hydrogen-bond donors (Lipinski definition) is 1. The van der Waals surface area contributed by atoms with Crippen LogP contribution in [0.3, 0.4) is 0 Å². The number of Topliss-reactive ketones (excluding diaryl/α,β-unsaturated/α-hetero) is 1. The predicted molar refractivity (Wildman–Crippen MR) is 152 cm³/mol. The maximum atomic E-state index is 13.6. The highest BCUT2D eigenvalue weighted by Gasteiger charge is 2.46. The van der Waals surface area contributed by atoms with Gasteiger partial charge in [0.15, 0.2) is 11.5 Å². The van der Waals surface area contributed by atoms with Crippen molar-refractivity contribution in [1.29, 1.82) is 0 Å². The molecule has 3 fully saturated rings. The molecule has 3 heterocycles. The van der Waals surface area contributed by atoms with Crippen molar-refractivity contribution in [3.8, 4) is 5.75 Å². The van der Waals surface area contributed by atoms with E-state index in [1.165, 1.54) is 13.2 Å². The van der Waals surface area contributed by atoms with Crippen LogP contribution < -0.4 is 15.5 Å². The summed E-state index contributed by atoms with van der Waals surface area (Å²) in [5.41, 5.74) is -0.416. The van der Waals surface area contributed by atoms with Gasteiger partial charge in [0.25, 0.3) is 5.91 Å². The van der Waals surface area contributed by atoms with Crippen LogP contribution in [0, 0.1) is 5.92 Å². The van der Waals surface area contributed by atoms with Crippen molar-refractivity contribution in [2.45, 2.75) is 97.1 Å². The number of aromatic nitrogens is 1. The van der Waals surface area contributed by atoms with Crippen LogP contribution in [0.5, 0.6) is 5.75 Å². The highest BCUT2D eigenvalue weighted by molar-refractivity contribution is 5.99. The molecule has 9 nitrogen and oxygen atoms in total. The molecule has 40 heavy (non-hydrogen) atoms. The molecule has 1 atom stereocenters. The fourth-order valence-electron chi connectivity index (χ4n) is 5.88. The number of ketones is 1. The number of nitrogens with one attached hydrogen (secondary N) is 1. The van der Waals surface area contributed by atoms with Crippen molar-refractivity contribution in [3.05, 3.63) is 63.6 Å². The van der Waals surface area contributed by atoms with E-state index in [0.29, 0.717) is 6.42 Å². The Hall–Kier alpha value is -3.62. The summed E-state index contributed by atoms with van der Waals surface area (Å²) in [6, 6.07) is 9.14. The van der Waals surface area contributed by atoms with E-state index in [2.05, 4.69) is 5.32 Å². The summed E-state index contributed by atoms with van der Waals surface area (Å²) in [4.78, 5) is 55.2. The van der Waals surface area contributed by atoms with E-state index in [-0.39, 0.29) is 66.5 Å². The van der Waals surface area contributed by atoms with Crippen LogP contribution in [0.15, 0.2) is 41.3 Å². The second-order valence-electron chi connectivity index (χ2n) is 11.8. The standard InChI is InChI=1S/C31H41N3O6/c1-6-10-25(35)26-28(39-19-20-11-8-7-9-12-20)27(36)23(29(37)32-5)17-33(26)18-24-21-13-15-22(16-14-21)34(24)30(38)40-31(2,3)4/h7-9,11-12,17,21-22,24H,6,10,13-16,18-19H2,1-5H3,(H,32,37). The van der Waals surface area contributed by atoms with Gasteiger partial charge in [-0.25, -0.2) is 4.79 Å². The van der Waals surface area contributed by atoms with Gasteiger partial charge in [0.05, 0.1) is 6.04 Å². The summed E-state index contributed by atoms with van der Waals surface area (Å²) in [6.45, 7) is 7.75. The zero-order valence-electron chi connectivity index (χ0n) is 24.2. The molecular formula is C31H41N3O6. The van der Waals surface area contributed by atoms with Crippen LogP contribution >= 0.6 is 0 Å². The minimum Gasteiger partial charge on any atom is -0.483 e. The molecule has 2 aliphatic heterocycles. The Bertz CT molecular complexity index is 1290. The van der Waals surface area contributed by atoms with Crippen LogP contribution in [0.25, 0.3) is 0 Å². The zero-order valence-corrected chi connectivity index (χ0v) is 24.2. The van der Waals surface area contributed by atoms with Crippen molar-refractivity contribution in [2.24, 2.45) is 5.92 Å². The molecule has 2 aromatic rings. The van der Waals surface area contributed by atoms with Gasteiger partial charge < -0.3 is 24.3 Å². The van der Waals surface area contributed by atoms with Gasteiger partial charge in [-0.3, -0.25) is 14.4 Å². The second kappa shape index (κ2) is 12.3. The topological polar surface area (TPSA) is 107 Å². The summed E-state index contributed by atoms with van der Waals surface area (Å²) in [6.07, 6.45) is 5.62. The van der Waals surface area contributed by atoms with E-state index in [4.69, 9.17) is 9.47 Å². The van der Waals surface area contributed by atoms with Crippen LogP contribution in [0.1, 0.15) is 92.6 Å². The van der Waals surface area contributed by atoms with Crippen LogP contribution in [0.2, 0.25) is 0 Å². The largest absolute Gasteiger partial charge is 0.483 e. The molecular weight excluding hydrogens is 510 g/mol. The van der Waals surface area contributed by atoms with Gasteiger partial charge >= 0.3 is 6.09 Å². The number of pyridine rings is 1. The van der Waals surface area contributed by atoms with E-state index >= 15 is 0 Å². The first kappa shape index (κ1) is 29.4. The van der Waals surface area contributed by atoms with E-state index in [1.807, 2.05) is 62.9 Å². The Morgan fingerprint density at radius 2 is 1.73 bits per heavy atom.